The van der Waals surface area contributed by atoms with E-state index in [9.17, 15) is 0 Å². The van der Waals surface area contributed by atoms with Crippen LogP contribution in [0.25, 0.3) is 0 Å². The molecular weight excluding hydrogens is 316 g/mol. The summed E-state index contributed by atoms with van der Waals surface area (Å²) in [6, 6.07) is 18.7. The molecule has 1 unspecified atom stereocenters. The van der Waals surface area contributed by atoms with E-state index >= 15 is 0 Å². The number of hydrogen-bond acceptors (Lipinski definition) is 2. The monoisotopic (exact) mass is 342 g/mol. The molecule has 0 saturated heterocycles. The van der Waals surface area contributed by atoms with Crippen molar-refractivity contribution in [1.82, 2.24) is 5.32 Å². The fourth-order valence-corrected chi connectivity index (χ4v) is 2.73. The van der Waals surface area contributed by atoms with E-state index in [2.05, 4.69) is 41.8 Å². The van der Waals surface area contributed by atoms with Crippen LogP contribution in [0.1, 0.15) is 32.8 Å². The quantitative estimate of drug-likeness (QED) is 0.709. The Morgan fingerprint density at radius 1 is 1.04 bits per heavy atom. The summed E-state index contributed by atoms with van der Waals surface area (Å²) < 4.78 is 5.70. The summed E-state index contributed by atoms with van der Waals surface area (Å²) in [4.78, 5) is 0. The van der Waals surface area contributed by atoms with Crippen LogP contribution in [0.5, 0.6) is 5.75 Å². The topological polar surface area (TPSA) is 33.3 Å². The summed E-state index contributed by atoms with van der Waals surface area (Å²) in [5, 5.41) is 7.20. The Kier molecular flexibility index (Phi) is 7.07. The Morgan fingerprint density at radius 3 is 2.50 bits per heavy atom. The summed E-state index contributed by atoms with van der Waals surface area (Å²) in [5.74, 6) is 0.843. The molecule has 0 aliphatic rings. The zero-order chi connectivity index (χ0) is 17.4. The predicted molar refractivity (Wildman–Crippen MR) is 106 cm³/mol. The molecule has 0 heterocycles. The molecule has 0 saturated carbocycles. The number of ether oxygens (including phenoxy) is 1. The highest BCUT2D eigenvalue weighted by atomic mass is 32.1. The van der Waals surface area contributed by atoms with Gasteiger partial charge < -0.3 is 15.4 Å². The highest BCUT2D eigenvalue weighted by Gasteiger charge is 2.06. The van der Waals surface area contributed by atoms with Gasteiger partial charge in [0.25, 0.3) is 0 Å². The molecule has 3 nitrogen and oxygen atoms in total. The van der Waals surface area contributed by atoms with Crippen molar-refractivity contribution in [1.29, 1.82) is 0 Å². The van der Waals surface area contributed by atoms with Gasteiger partial charge in [0.2, 0.25) is 0 Å². The molecular formula is C20H26N2OS. The first kappa shape index (κ1) is 18.3. The fraction of sp³-hybridized carbons (Fsp3) is 0.350. The van der Waals surface area contributed by atoms with Gasteiger partial charge in [0, 0.05) is 17.8 Å². The van der Waals surface area contributed by atoms with E-state index in [1.807, 2.05) is 44.2 Å². The molecule has 0 fully saturated rings. The van der Waals surface area contributed by atoms with E-state index in [0.717, 1.165) is 24.3 Å². The first-order valence-corrected chi connectivity index (χ1v) is 8.82. The van der Waals surface area contributed by atoms with Gasteiger partial charge in [-0.1, -0.05) is 36.4 Å². The van der Waals surface area contributed by atoms with Crippen molar-refractivity contribution in [3.05, 3.63) is 60.2 Å². The van der Waals surface area contributed by atoms with Crippen molar-refractivity contribution in [2.45, 2.75) is 45.8 Å². The van der Waals surface area contributed by atoms with Gasteiger partial charge in [0.15, 0.2) is 5.11 Å². The molecule has 1 atom stereocenters. The minimum absolute atomic E-state index is 0.156. The highest BCUT2D eigenvalue weighted by molar-refractivity contribution is 7.80. The van der Waals surface area contributed by atoms with Gasteiger partial charge in [-0.25, -0.2) is 0 Å². The van der Waals surface area contributed by atoms with Gasteiger partial charge in [0.05, 0.1) is 6.10 Å². The summed E-state index contributed by atoms with van der Waals surface area (Å²) in [7, 11) is 0. The lowest BCUT2D eigenvalue weighted by molar-refractivity contribution is 0.242. The molecule has 2 aromatic carbocycles. The summed E-state index contributed by atoms with van der Waals surface area (Å²) in [6.07, 6.45) is 2.22. The molecule has 2 aromatic rings. The van der Waals surface area contributed by atoms with Crippen LogP contribution in [0, 0.1) is 0 Å². The Bertz CT molecular complexity index is 643. The average molecular weight is 343 g/mol. The number of rotatable bonds is 7. The molecule has 128 valence electrons. The molecule has 0 bridgehead atoms. The zero-order valence-corrected chi connectivity index (χ0v) is 15.4. The lowest BCUT2D eigenvalue weighted by Gasteiger charge is -2.17. The molecule has 4 heteroatoms. The minimum Gasteiger partial charge on any atom is -0.491 e. The van der Waals surface area contributed by atoms with E-state index in [-0.39, 0.29) is 6.10 Å². The molecule has 2 rings (SSSR count). The van der Waals surface area contributed by atoms with Crippen molar-refractivity contribution >= 4 is 23.0 Å². The molecule has 0 aromatic heterocycles. The van der Waals surface area contributed by atoms with Crippen molar-refractivity contribution in [2.24, 2.45) is 0 Å². The standard InChI is InChI=1S/C20H26N2OS/c1-15(2)23-19-11-7-10-18(14-19)22-20(24)21-16(3)12-13-17-8-5-4-6-9-17/h4-11,14-16H,12-13H2,1-3H3,(H2,21,22,24). The third-order valence-electron chi connectivity index (χ3n) is 3.55. The van der Waals surface area contributed by atoms with Gasteiger partial charge in [-0.15, -0.1) is 0 Å². The maximum absolute atomic E-state index is 5.70. The lowest BCUT2D eigenvalue weighted by Crippen LogP contribution is -2.36. The second-order valence-electron chi connectivity index (χ2n) is 6.22. The van der Waals surface area contributed by atoms with E-state index in [1.54, 1.807) is 0 Å². The first-order chi connectivity index (χ1) is 11.5. The van der Waals surface area contributed by atoms with Crippen molar-refractivity contribution in [3.63, 3.8) is 0 Å². The maximum atomic E-state index is 5.70. The van der Waals surface area contributed by atoms with Crippen LogP contribution < -0.4 is 15.4 Å². The van der Waals surface area contributed by atoms with E-state index in [1.165, 1.54) is 5.56 Å². The van der Waals surface area contributed by atoms with Gasteiger partial charge in [-0.2, -0.15) is 0 Å². The van der Waals surface area contributed by atoms with Crippen LogP contribution in [-0.2, 0) is 6.42 Å². The number of anilines is 1. The van der Waals surface area contributed by atoms with Gasteiger partial charge in [-0.3, -0.25) is 0 Å². The van der Waals surface area contributed by atoms with Crippen LogP contribution in [0.3, 0.4) is 0 Å². The third-order valence-corrected chi connectivity index (χ3v) is 3.77. The van der Waals surface area contributed by atoms with Gasteiger partial charge in [-0.05, 0) is 63.5 Å². The van der Waals surface area contributed by atoms with Crippen LogP contribution in [-0.4, -0.2) is 17.3 Å². The lowest BCUT2D eigenvalue weighted by atomic mass is 10.1. The Morgan fingerprint density at radius 2 is 1.79 bits per heavy atom. The van der Waals surface area contributed by atoms with Gasteiger partial charge >= 0.3 is 0 Å². The number of nitrogens with one attached hydrogen (secondary N) is 2. The Labute approximate surface area is 150 Å². The maximum Gasteiger partial charge on any atom is 0.170 e. The second-order valence-corrected chi connectivity index (χ2v) is 6.63. The predicted octanol–water partition coefficient (Wildman–Crippen LogP) is 4.78. The zero-order valence-electron chi connectivity index (χ0n) is 14.6. The van der Waals surface area contributed by atoms with Gasteiger partial charge in [0.1, 0.15) is 5.75 Å². The second kappa shape index (κ2) is 9.28. The highest BCUT2D eigenvalue weighted by Crippen LogP contribution is 2.18. The molecule has 2 N–H and O–H groups in total. The van der Waals surface area contributed by atoms with Crippen LogP contribution in [0.2, 0.25) is 0 Å². The SMILES string of the molecule is CC(CCc1ccccc1)NC(=S)Nc1cccc(OC(C)C)c1. The molecule has 0 aliphatic carbocycles. The molecule has 0 amide bonds. The average Bonchev–Trinajstić information content (AvgIpc) is 2.53. The van der Waals surface area contributed by atoms with Crippen LogP contribution >= 0.6 is 12.2 Å². The number of thiocarbonyl (C=S) groups is 1. The normalized spacial score (nSPS) is 11.8. The molecule has 0 spiro atoms. The minimum atomic E-state index is 0.156. The van der Waals surface area contributed by atoms with E-state index in [0.29, 0.717) is 11.2 Å². The van der Waals surface area contributed by atoms with Crippen LogP contribution in [0.15, 0.2) is 54.6 Å². The van der Waals surface area contributed by atoms with E-state index < -0.39 is 0 Å². The summed E-state index contributed by atoms with van der Waals surface area (Å²) >= 11 is 5.41. The molecule has 0 aliphatic heterocycles. The number of hydrogen-bond donors (Lipinski definition) is 2. The third kappa shape index (κ3) is 6.59. The van der Waals surface area contributed by atoms with Crippen molar-refractivity contribution in [2.75, 3.05) is 5.32 Å². The Hall–Kier alpha value is -2.07. The van der Waals surface area contributed by atoms with Crippen molar-refractivity contribution < 1.29 is 4.74 Å². The number of benzene rings is 2. The smallest absolute Gasteiger partial charge is 0.170 e. The van der Waals surface area contributed by atoms with Crippen LogP contribution in [0.4, 0.5) is 5.69 Å². The Balaban J connectivity index is 1.80. The summed E-state index contributed by atoms with van der Waals surface area (Å²) in [6.45, 7) is 6.18. The molecule has 24 heavy (non-hydrogen) atoms. The summed E-state index contributed by atoms with van der Waals surface area (Å²) in [5.41, 5.74) is 2.28. The van der Waals surface area contributed by atoms with E-state index in [4.69, 9.17) is 17.0 Å². The fourth-order valence-electron chi connectivity index (χ4n) is 2.41. The largest absolute Gasteiger partial charge is 0.491 e. The number of aryl methyl sites for hydroxylation is 1. The van der Waals surface area contributed by atoms with Crippen molar-refractivity contribution in [3.8, 4) is 5.75 Å². The first-order valence-electron chi connectivity index (χ1n) is 8.41. The molecule has 0 radical (unpaired) electrons.